The molecule has 3 heterocycles. The van der Waals surface area contributed by atoms with Crippen molar-refractivity contribution in [1.82, 2.24) is 9.97 Å². The Balaban J connectivity index is 1.89. The second-order valence-corrected chi connectivity index (χ2v) is 8.19. The highest BCUT2D eigenvalue weighted by molar-refractivity contribution is 7.99. The van der Waals surface area contributed by atoms with Crippen LogP contribution in [-0.2, 0) is 6.61 Å². The van der Waals surface area contributed by atoms with E-state index in [1.54, 1.807) is 18.3 Å². The monoisotopic (exact) mass is 394 g/mol. The van der Waals surface area contributed by atoms with Crippen molar-refractivity contribution in [2.24, 2.45) is 5.73 Å². The molecule has 1 aliphatic rings. The lowest BCUT2D eigenvalue weighted by Crippen LogP contribution is -2.48. The number of nitrogen functional groups attached to an aromatic ring is 2. The quantitative estimate of drug-likeness (QED) is 0.621. The summed E-state index contributed by atoms with van der Waals surface area (Å²) in [4.78, 5) is 11.4. The van der Waals surface area contributed by atoms with Gasteiger partial charge in [-0.25, -0.2) is 9.97 Å². The second kappa shape index (κ2) is 7.48. The van der Waals surface area contributed by atoms with Crippen LogP contribution in [0.5, 0.6) is 0 Å². The number of nitrogens with zero attached hydrogens (tertiary/aromatic N) is 3. The number of aliphatic hydroxyl groups excluding tert-OH is 1. The van der Waals surface area contributed by atoms with E-state index in [2.05, 4.69) is 21.8 Å². The molecule has 1 fully saturated rings. The Kier molecular flexibility index (Phi) is 5.47. The molecule has 0 spiro atoms. The predicted octanol–water partition coefficient (Wildman–Crippen LogP) is 2.26. The minimum absolute atomic E-state index is 0.161. The smallest absolute Gasteiger partial charge is 0.143 e. The van der Waals surface area contributed by atoms with Gasteiger partial charge in [0.25, 0.3) is 0 Å². The Morgan fingerprint density at radius 1 is 1.35 bits per heavy atom. The van der Waals surface area contributed by atoms with Gasteiger partial charge in [0.05, 0.1) is 28.7 Å². The topological polar surface area (TPSA) is 127 Å². The van der Waals surface area contributed by atoms with Crippen LogP contribution in [0.3, 0.4) is 0 Å². The second-order valence-electron chi connectivity index (χ2n) is 6.75. The summed E-state index contributed by atoms with van der Waals surface area (Å²) in [5.41, 5.74) is 20.0. The van der Waals surface area contributed by atoms with E-state index in [-0.39, 0.29) is 18.0 Å². The van der Waals surface area contributed by atoms with Crippen LogP contribution in [0, 0.1) is 0 Å². The van der Waals surface area contributed by atoms with Gasteiger partial charge in [-0.1, -0.05) is 23.4 Å². The standard InChI is InChI=1S/C17H23ClN6OS/c1-17(21)3-6-24(7-4-17)15-10(19)8-13(23-11(15)9-25)26-12-2-5-22-16(20)14(12)18/h2,5,8,25H,3-4,6-7,9,21H2,1H3,(H2,19,23)(H2,20,22). The summed E-state index contributed by atoms with van der Waals surface area (Å²) in [7, 11) is 0. The van der Waals surface area contributed by atoms with E-state index in [0.717, 1.165) is 36.5 Å². The molecule has 1 aliphatic heterocycles. The van der Waals surface area contributed by atoms with Crippen molar-refractivity contribution in [3.63, 3.8) is 0 Å². The molecular formula is C17H23ClN6OS. The zero-order valence-corrected chi connectivity index (χ0v) is 16.1. The summed E-state index contributed by atoms with van der Waals surface area (Å²) < 4.78 is 0. The van der Waals surface area contributed by atoms with Gasteiger partial charge in [-0.15, -0.1) is 0 Å². The fraction of sp³-hybridized carbons (Fsp3) is 0.412. The maximum Gasteiger partial charge on any atom is 0.143 e. The van der Waals surface area contributed by atoms with Crippen molar-refractivity contribution in [3.05, 3.63) is 29.0 Å². The Labute approximate surface area is 161 Å². The minimum Gasteiger partial charge on any atom is -0.397 e. The number of piperidine rings is 1. The predicted molar refractivity (Wildman–Crippen MR) is 106 cm³/mol. The zero-order valence-electron chi connectivity index (χ0n) is 14.6. The van der Waals surface area contributed by atoms with Gasteiger partial charge in [0, 0.05) is 29.7 Å². The van der Waals surface area contributed by atoms with E-state index in [4.69, 9.17) is 28.8 Å². The van der Waals surface area contributed by atoms with Crippen LogP contribution in [0.25, 0.3) is 0 Å². The average Bonchev–Trinajstić information content (AvgIpc) is 2.59. The van der Waals surface area contributed by atoms with E-state index in [1.807, 2.05) is 0 Å². The van der Waals surface area contributed by atoms with Crippen molar-refractivity contribution in [2.75, 3.05) is 29.5 Å². The van der Waals surface area contributed by atoms with Crippen molar-refractivity contribution >= 4 is 40.6 Å². The van der Waals surface area contributed by atoms with E-state index < -0.39 is 0 Å². The third-order valence-electron chi connectivity index (χ3n) is 4.54. The molecule has 0 atom stereocenters. The van der Waals surface area contributed by atoms with Crippen molar-refractivity contribution in [1.29, 1.82) is 0 Å². The highest BCUT2D eigenvalue weighted by Crippen LogP contribution is 2.38. The van der Waals surface area contributed by atoms with E-state index in [9.17, 15) is 5.11 Å². The molecule has 2 aromatic heterocycles. The fourth-order valence-electron chi connectivity index (χ4n) is 2.99. The molecule has 7 nitrogen and oxygen atoms in total. The summed E-state index contributed by atoms with van der Waals surface area (Å²) in [5, 5.41) is 10.9. The molecular weight excluding hydrogens is 372 g/mol. The SMILES string of the molecule is CC1(N)CCN(c2c(N)cc(Sc3ccnc(N)c3Cl)nc2CO)CC1. The highest BCUT2D eigenvalue weighted by Gasteiger charge is 2.28. The number of hydrogen-bond acceptors (Lipinski definition) is 8. The number of rotatable bonds is 4. The molecule has 0 radical (unpaired) electrons. The molecule has 3 rings (SSSR count). The summed E-state index contributed by atoms with van der Waals surface area (Å²) in [6.07, 6.45) is 3.31. The average molecular weight is 395 g/mol. The molecule has 0 aromatic carbocycles. The number of aromatic nitrogens is 2. The van der Waals surface area contributed by atoms with Gasteiger partial charge in [0.1, 0.15) is 10.8 Å². The van der Waals surface area contributed by atoms with E-state index in [0.29, 0.717) is 21.4 Å². The largest absolute Gasteiger partial charge is 0.397 e. The lowest BCUT2D eigenvalue weighted by molar-refractivity contribution is 0.275. The lowest BCUT2D eigenvalue weighted by atomic mass is 9.90. The molecule has 9 heteroatoms. The van der Waals surface area contributed by atoms with Crippen LogP contribution in [0.4, 0.5) is 17.2 Å². The Hall–Kier alpha value is -1.74. The lowest BCUT2D eigenvalue weighted by Gasteiger charge is -2.39. The Bertz CT molecular complexity index is 806. The molecule has 0 unspecified atom stereocenters. The molecule has 0 saturated carbocycles. The van der Waals surface area contributed by atoms with Crippen LogP contribution >= 0.6 is 23.4 Å². The summed E-state index contributed by atoms with van der Waals surface area (Å²) in [5.74, 6) is 0.266. The van der Waals surface area contributed by atoms with Crippen molar-refractivity contribution in [2.45, 2.75) is 41.8 Å². The third kappa shape index (κ3) is 3.98. The number of aliphatic hydroxyl groups is 1. The number of nitrogens with two attached hydrogens (primary N) is 3. The third-order valence-corrected chi connectivity index (χ3v) is 6.03. The molecule has 0 amide bonds. The Morgan fingerprint density at radius 3 is 2.69 bits per heavy atom. The molecule has 0 aliphatic carbocycles. The summed E-state index contributed by atoms with van der Waals surface area (Å²) in [6.45, 7) is 3.43. The van der Waals surface area contributed by atoms with Crippen molar-refractivity contribution in [3.8, 4) is 0 Å². The number of halogens is 1. The Morgan fingerprint density at radius 2 is 2.04 bits per heavy atom. The van der Waals surface area contributed by atoms with Gasteiger partial charge in [0.15, 0.2) is 0 Å². The van der Waals surface area contributed by atoms with Gasteiger partial charge in [0.2, 0.25) is 0 Å². The molecule has 140 valence electrons. The maximum atomic E-state index is 9.83. The first-order valence-electron chi connectivity index (χ1n) is 8.32. The van der Waals surface area contributed by atoms with Gasteiger partial charge in [-0.05, 0) is 31.9 Å². The molecule has 7 N–H and O–H groups in total. The van der Waals surface area contributed by atoms with Gasteiger partial charge >= 0.3 is 0 Å². The molecule has 0 bridgehead atoms. The van der Waals surface area contributed by atoms with Gasteiger partial charge in [-0.3, -0.25) is 0 Å². The number of hydrogen-bond donors (Lipinski definition) is 4. The maximum absolute atomic E-state index is 9.83. The number of pyridine rings is 2. The van der Waals surface area contributed by atoms with E-state index >= 15 is 0 Å². The van der Waals surface area contributed by atoms with Crippen molar-refractivity contribution < 1.29 is 5.11 Å². The van der Waals surface area contributed by atoms with Crippen LogP contribution < -0.4 is 22.1 Å². The minimum atomic E-state index is -0.198. The summed E-state index contributed by atoms with van der Waals surface area (Å²) in [6, 6.07) is 3.56. The number of anilines is 3. The fourth-order valence-corrected chi connectivity index (χ4v) is 4.11. The van der Waals surface area contributed by atoms with Crippen LogP contribution in [0.15, 0.2) is 28.3 Å². The van der Waals surface area contributed by atoms with Crippen LogP contribution in [0.1, 0.15) is 25.5 Å². The first-order valence-corrected chi connectivity index (χ1v) is 9.52. The van der Waals surface area contributed by atoms with Crippen LogP contribution in [-0.4, -0.2) is 33.7 Å². The first-order chi connectivity index (χ1) is 12.3. The highest BCUT2D eigenvalue weighted by atomic mass is 35.5. The van der Waals surface area contributed by atoms with E-state index in [1.165, 1.54) is 11.8 Å². The first kappa shape index (κ1) is 19.0. The van der Waals surface area contributed by atoms with Gasteiger partial charge < -0.3 is 27.2 Å². The summed E-state index contributed by atoms with van der Waals surface area (Å²) >= 11 is 7.53. The zero-order chi connectivity index (χ0) is 18.9. The normalized spacial score (nSPS) is 16.7. The molecule has 26 heavy (non-hydrogen) atoms. The molecule has 1 saturated heterocycles. The molecule has 2 aromatic rings. The van der Waals surface area contributed by atoms with Crippen LogP contribution in [0.2, 0.25) is 5.02 Å². The van der Waals surface area contributed by atoms with Gasteiger partial charge in [-0.2, -0.15) is 0 Å².